The normalized spacial score (nSPS) is 11.1. The first kappa shape index (κ1) is 18.8. The van der Waals surface area contributed by atoms with Crippen LogP contribution in [0.5, 0.6) is 0 Å². The Balaban J connectivity index is 1.51. The molecule has 0 saturated heterocycles. The highest BCUT2D eigenvalue weighted by atomic mass is 32.2. The van der Waals surface area contributed by atoms with Crippen LogP contribution < -0.4 is 5.43 Å². The van der Waals surface area contributed by atoms with Crippen LogP contribution in [0.4, 0.5) is 4.39 Å². The molecule has 0 aliphatic rings. The molecule has 0 unspecified atom stereocenters. The van der Waals surface area contributed by atoms with Crippen molar-refractivity contribution in [3.05, 3.63) is 65.4 Å². The maximum atomic E-state index is 13.0. The van der Waals surface area contributed by atoms with Gasteiger partial charge in [0.15, 0.2) is 5.16 Å². The Hall–Kier alpha value is -3.00. The number of nitrogens with one attached hydrogen (secondary N) is 1. The number of aromatic nitrogens is 2. The van der Waals surface area contributed by atoms with E-state index in [-0.39, 0.29) is 17.5 Å². The number of carbonyl (C=O) groups excluding carboxylic acids is 1. The van der Waals surface area contributed by atoms with E-state index < -0.39 is 0 Å². The molecule has 0 aliphatic heterocycles. The number of aryl methyl sites for hydroxylation is 2. The lowest BCUT2D eigenvalue weighted by Gasteiger charge is -2.02. The standard InChI is InChI=1S/C19H17FN4O2S/c1-12-9-13(2)23-19(22-12)27-11-18(25)24-21-10-16-7-8-17(26-16)14-3-5-15(20)6-4-14/h3-10H,11H2,1-2H3,(H,24,25)/b21-10+. The number of hydrazone groups is 1. The van der Waals surface area contributed by atoms with Gasteiger partial charge in [0.05, 0.1) is 12.0 Å². The second-order valence-corrected chi connectivity index (χ2v) is 6.67. The second-order valence-electron chi connectivity index (χ2n) is 5.72. The number of rotatable bonds is 6. The third-order valence-corrected chi connectivity index (χ3v) is 4.28. The Bertz CT molecular complexity index is 950. The maximum absolute atomic E-state index is 13.0. The van der Waals surface area contributed by atoms with Crippen molar-refractivity contribution in [1.29, 1.82) is 0 Å². The van der Waals surface area contributed by atoms with Gasteiger partial charge in [-0.15, -0.1) is 0 Å². The topological polar surface area (TPSA) is 80.4 Å². The number of nitrogens with zero attached hydrogens (tertiary/aromatic N) is 3. The molecule has 1 amide bonds. The number of carbonyl (C=O) groups is 1. The number of benzene rings is 1. The first-order valence-corrected chi connectivity index (χ1v) is 9.11. The third kappa shape index (κ3) is 5.49. The largest absolute Gasteiger partial charge is 0.455 e. The molecule has 0 radical (unpaired) electrons. The van der Waals surface area contributed by atoms with Crippen molar-refractivity contribution in [2.45, 2.75) is 19.0 Å². The number of hydrogen-bond donors (Lipinski definition) is 1. The Labute approximate surface area is 159 Å². The molecule has 3 rings (SSSR count). The highest BCUT2D eigenvalue weighted by Crippen LogP contribution is 2.21. The van der Waals surface area contributed by atoms with Crippen LogP contribution in [0.15, 0.2) is 57.1 Å². The van der Waals surface area contributed by atoms with Crippen LogP contribution in [0.3, 0.4) is 0 Å². The lowest BCUT2D eigenvalue weighted by atomic mass is 10.2. The minimum Gasteiger partial charge on any atom is -0.455 e. The van der Waals surface area contributed by atoms with Crippen molar-refractivity contribution in [3.8, 4) is 11.3 Å². The van der Waals surface area contributed by atoms with E-state index in [4.69, 9.17) is 4.42 Å². The van der Waals surface area contributed by atoms with E-state index in [1.165, 1.54) is 30.1 Å². The van der Waals surface area contributed by atoms with Crippen molar-refractivity contribution in [2.75, 3.05) is 5.75 Å². The SMILES string of the molecule is Cc1cc(C)nc(SCC(=O)N/N=C/c2ccc(-c3ccc(F)cc3)o2)n1. The van der Waals surface area contributed by atoms with Gasteiger partial charge >= 0.3 is 0 Å². The molecule has 6 nitrogen and oxygen atoms in total. The molecule has 0 saturated carbocycles. The van der Waals surface area contributed by atoms with Crippen LogP contribution in [0.2, 0.25) is 0 Å². The van der Waals surface area contributed by atoms with Gasteiger partial charge in [-0.25, -0.2) is 19.8 Å². The summed E-state index contributed by atoms with van der Waals surface area (Å²) in [5, 5.41) is 4.43. The van der Waals surface area contributed by atoms with Gasteiger partial charge in [0.2, 0.25) is 0 Å². The van der Waals surface area contributed by atoms with E-state index in [9.17, 15) is 9.18 Å². The van der Waals surface area contributed by atoms with Crippen LogP contribution >= 0.6 is 11.8 Å². The molecule has 0 fully saturated rings. The smallest absolute Gasteiger partial charge is 0.250 e. The number of amides is 1. The zero-order chi connectivity index (χ0) is 19.2. The molecular weight excluding hydrogens is 367 g/mol. The molecule has 0 bridgehead atoms. The Morgan fingerprint density at radius 2 is 1.89 bits per heavy atom. The number of furan rings is 1. The molecule has 0 spiro atoms. The molecule has 3 aromatic rings. The Morgan fingerprint density at radius 3 is 2.59 bits per heavy atom. The number of hydrogen-bond acceptors (Lipinski definition) is 6. The van der Waals surface area contributed by atoms with Crippen molar-refractivity contribution in [1.82, 2.24) is 15.4 Å². The monoisotopic (exact) mass is 384 g/mol. The van der Waals surface area contributed by atoms with E-state index in [2.05, 4.69) is 20.5 Å². The van der Waals surface area contributed by atoms with Crippen LogP contribution in [0, 0.1) is 19.7 Å². The Morgan fingerprint density at radius 1 is 1.19 bits per heavy atom. The molecule has 8 heteroatoms. The summed E-state index contributed by atoms with van der Waals surface area (Å²) >= 11 is 1.24. The average Bonchev–Trinajstić information content (AvgIpc) is 3.09. The summed E-state index contributed by atoms with van der Waals surface area (Å²) in [6, 6.07) is 11.3. The lowest BCUT2D eigenvalue weighted by molar-refractivity contribution is -0.118. The number of halogens is 1. The van der Waals surface area contributed by atoms with E-state index in [0.717, 1.165) is 17.0 Å². The molecule has 0 aliphatic carbocycles. The zero-order valence-corrected chi connectivity index (χ0v) is 15.6. The van der Waals surface area contributed by atoms with E-state index >= 15 is 0 Å². The highest BCUT2D eigenvalue weighted by molar-refractivity contribution is 7.99. The quantitative estimate of drug-likeness (QED) is 0.303. The van der Waals surface area contributed by atoms with Crippen LogP contribution in [0.25, 0.3) is 11.3 Å². The summed E-state index contributed by atoms with van der Waals surface area (Å²) < 4.78 is 18.6. The van der Waals surface area contributed by atoms with Gasteiger partial charge in [-0.1, -0.05) is 11.8 Å². The molecule has 1 aromatic carbocycles. The van der Waals surface area contributed by atoms with Gasteiger partial charge in [0, 0.05) is 17.0 Å². The summed E-state index contributed by atoms with van der Waals surface area (Å²) in [6.07, 6.45) is 1.41. The molecule has 27 heavy (non-hydrogen) atoms. The van der Waals surface area contributed by atoms with Crippen molar-refractivity contribution in [2.24, 2.45) is 5.10 Å². The van der Waals surface area contributed by atoms with Gasteiger partial charge in [-0.05, 0) is 56.3 Å². The predicted octanol–water partition coefficient (Wildman–Crippen LogP) is 3.73. The van der Waals surface area contributed by atoms with Crippen LogP contribution in [0.1, 0.15) is 17.1 Å². The fraction of sp³-hybridized carbons (Fsp3) is 0.158. The van der Waals surface area contributed by atoms with E-state index in [1.807, 2.05) is 19.9 Å². The second kappa shape index (κ2) is 8.59. The Kier molecular flexibility index (Phi) is 5.97. The maximum Gasteiger partial charge on any atom is 0.250 e. The summed E-state index contributed by atoms with van der Waals surface area (Å²) in [6.45, 7) is 3.76. The molecule has 2 heterocycles. The first-order valence-electron chi connectivity index (χ1n) is 8.12. The van der Waals surface area contributed by atoms with Gasteiger partial charge < -0.3 is 4.42 Å². The summed E-state index contributed by atoms with van der Waals surface area (Å²) in [5.41, 5.74) is 4.91. The third-order valence-electron chi connectivity index (χ3n) is 3.43. The summed E-state index contributed by atoms with van der Waals surface area (Å²) in [5.74, 6) is 0.632. The van der Waals surface area contributed by atoms with Crippen molar-refractivity contribution >= 4 is 23.9 Å². The van der Waals surface area contributed by atoms with Crippen molar-refractivity contribution < 1.29 is 13.6 Å². The van der Waals surface area contributed by atoms with Crippen LogP contribution in [-0.2, 0) is 4.79 Å². The zero-order valence-electron chi connectivity index (χ0n) is 14.8. The highest BCUT2D eigenvalue weighted by Gasteiger charge is 2.06. The lowest BCUT2D eigenvalue weighted by Crippen LogP contribution is -2.19. The molecule has 2 aromatic heterocycles. The average molecular weight is 384 g/mol. The van der Waals surface area contributed by atoms with Gasteiger partial charge in [0.1, 0.15) is 17.3 Å². The predicted molar refractivity (Wildman–Crippen MR) is 102 cm³/mol. The van der Waals surface area contributed by atoms with E-state index in [1.54, 1.807) is 24.3 Å². The molecule has 0 atom stereocenters. The van der Waals surface area contributed by atoms with Gasteiger partial charge in [0.25, 0.3) is 5.91 Å². The van der Waals surface area contributed by atoms with Gasteiger partial charge in [-0.2, -0.15) is 5.10 Å². The minimum atomic E-state index is -0.307. The first-order chi connectivity index (χ1) is 13.0. The fourth-order valence-electron chi connectivity index (χ4n) is 2.28. The molecule has 138 valence electrons. The molecular formula is C19H17FN4O2S. The minimum absolute atomic E-state index is 0.152. The van der Waals surface area contributed by atoms with Gasteiger partial charge in [-0.3, -0.25) is 4.79 Å². The fourth-order valence-corrected chi connectivity index (χ4v) is 3.02. The number of thioether (sulfide) groups is 1. The summed E-state index contributed by atoms with van der Waals surface area (Å²) in [4.78, 5) is 20.4. The van der Waals surface area contributed by atoms with E-state index in [0.29, 0.717) is 16.7 Å². The van der Waals surface area contributed by atoms with Crippen LogP contribution in [-0.4, -0.2) is 27.8 Å². The van der Waals surface area contributed by atoms with Crippen molar-refractivity contribution in [3.63, 3.8) is 0 Å². The molecule has 1 N–H and O–H groups in total. The summed E-state index contributed by atoms with van der Waals surface area (Å²) in [7, 11) is 0.